The number of nitrogens with zero attached hydrogens (tertiary/aromatic N) is 3. The Kier molecular flexibility index (Phi) is 4.54. The molecule has 5 nitrogen and oxygen atoms in total. The van der Waals surface area contributed by atoms with Crippen LogP contribution in [0.2, 0.25) is 0 Å². The Balaban J connectivity index is 1.54. The van der Waals surface area contributed by atoms with Gasteiger partial charge in [-0.15, -0.1) is 0 Å². The lowest BCUT2D eigenvalue weighted by Gasteiger charge is -2.14. The monoisotopic (exact) mass is 346 g/mol. The fraction of sp³-hybridized carbons (Fsp3) is 0.238. The molecule has 0 bridgehead atoms. The molecule has 2 aromatic heterocycles. The van der Waals surface area contributed by atoms with Crippen molar-refractivity contribution in [2.75, 3.05) is 18.9 Å². The molecule has 0 aliphatic carbocycles. The van der Waals surface area contributed by atoms with Crippen molar-refractivity contribution in [3.63, 3.8) is 0 Å². The average molecular weight is 346 g/mol. The number of amides is 1. The molecule has 0 spiro atoms. The summed E-state index contributed by atoms with van der Waals surface area (Å²) in [5.41, 5.74) is 3.89. The van der Waals surface area contributed by atoms with Crippen molar-refractivity contribution >= 4 is 11.6 Å². The molecule has 0 saturated heterocycles. The molecule has 0 radical (unpaired) electrons. The van der Waals surface area contributed by atoms with Gasteiger partial charge < -0.3 is 14.8 Å². The molecule has 132 valence electrons. The zero-order valence-electron chi connectivity index (χ0n) is 14.9. The molecule has 1 aromatic carbocycles. The number of hydrogen-bond acceptors (Lipinski definition) is 3. The van der Waals surface area contributed by atoms with Crippen molar-refractivity contribution in [3.05, 3.63) is 77.7 Å². The van der Waals surface area contributed by atoms with Crippen LogP contribution in [-0.2, 0) is 13.0 Å². The molecule has 0 saturated carbocycles. The molecular weight excluding hydrogens is 324 g/mol. The maximum absolute atomic E-state index is 12.6. The second kappa shape index (κ2) is 7.14. The van der Waals surface area contributed by atoms with E-state index in [0.717, 1.165) is 31.0 Å². The van der Waals surface area contributed by atoms with Crippen LogP contribution in [0, 0.1) is 0 Å². The van der Waals surface area contributed by atoms with E-state index in [1.807, 2.05) is 47.3 Å². The van der Waals surface area contributed by atoms with Crippen LogP contribution in [0.1, 0.15) is 28.0 Å². The topological polar surface area (TPSA) is 50.2 Å². The van der Waals surface area contributed by atoms with Crippen LogP contribution in [-0.4, -0.2) is 34.0 Å². The molecule has 1 aliphatic rings. The van der Waals surface area contributed by atoms with Gasteiger partial charge in [0.2, 0.25) is 0 Å². The largest absolute Gasteiger partial charge is 0.321 e. The van der Waals surface area contributed by atoms with Gasteiger partial charge in [0.25, 0.3) is 5.91 Å². The molecule has 1 amide bonds. The Labute approximate surface area is 153 Å². The highest BCUT2D eigenvalue weighted by molar-refractivity contribution is 6.03. The van der Waals surface area contributed by atoms with Crippen molar-refractivity contribution in [2.24, 2.45) is 0 Å². The van der Waals surface area contributed by atoms with Crippen LogP contribution >= 0.6 is 0 Å². The number of pyridine rings is 1. The highest BCUT2D eigenvalue weighted by Gasteiger charge is 2.14. The molecule has 26 heavy (non-hydrogen) atoms. The SMILES string of the molecule is CN1CCCc2ccc(NC(=O)c3cccc(-n4cccc4)n3)cc2C1. The first-order chi connectivity index (χ1) is 12.7. The molecular formula is C21H22N4O. The Morgan fingerprint density at radius 1 is 1.08 bits per heavy atom. The quantitative estimate of drug-likeness (QED) is 0.790. The second-order valence-corrected chi connectivity index (χ2v) is 6.75. The fourth-order valence-electron chi connectivity index (χ4n) is 3.38. The van der Waals surface area contributed by atoms with Crippen molar-refractivity contribution in [1.29, 1.82) is 0 Å². The zero-order chi connectivity index (χ0) is 17.9. The van der Waals surface area contributed by atoms with E-state index in [1.54, 1.807) is 6.07 Å². The minimum atomic E-state index is -0.194. The van der Waals surface area contributed by atoms with E-state index in [0.29, 0.717) is 5.69 Å². The Morgan fingerprint density at radius 2 is 1.92 bits per heavy atom. The number of carbonyl (C=O) groups is 1. The molecule has 3 heterocycles. The van der Waals surface area contributed by atoms with Gasteiger partial charge in [-0.25, -0.2) is 4.98 Å². The molecule has 3 aromatic rings. The summed E-state index contributed by atoms with van der Waals surface area (Å²) in [6, 6.07) is 15.5. The molecule has 0 unspecified atom stereocenters. The number of hydrogen-bond donors (Lipinski definition) is 1. The average Bonchev–Trinajstić information content (AvgIpc) is 3.12. The van der Waals surface area contributed by atoms with Crippen LogP contribution in [0.3, 0.4) is 0 Å². The number of aromatic nitrogens is 2. The number of nitrogens with one attached hydrogen (secondary N) is 1. The third-order valence-corrected chi connectivity index (χ3v) is 4.73. The summed E-state index contributed by atoms with van der Waals surface area (Å²) in [5, 5.41) is 2.99. The van der Waals surface area contributed by atoms with E-state index in [-0.39, 0.29) is 5.91 Å². The Hall–Kier alpha value is -2.92. The molecule has 1 aliphatic heterocycles. The molecule has 4 rings (SSSR count). The van der Waals surface area contributed by atoms with Gasteiger partial charge in [0.15, 0.2) is 0 Å². The Morgan fingerprint density at radius 3 is 2.77 bits per heavy atom. The summed E-state index contributed by atoms with van der Waals surface area (Å²) in [6.45, 7) is 2.02. The first-order valence-electron chi connectivity index (χ1n) is 8.91. The van der Waals surface area contributed by atoms with Crippen molar-refractivity contribution in [2.45, 2.75) is 19.4 Å². The number of fused-ring (bicyclic) bond motifs is 1. The normalized spacial score (nSPS) is 14.5. The molecule has 5 heteroatoms. The van der Waals surface area contributed by atoms with Gasteiger partial charge in [-0.05, 0) is 74.0 Å². The van der Waals surface area contributed by atoms with Crippen LogP contribution < -0.4 is 5.32 Å². The predicted molar refractivity (Wildman–Crippen MR) is 103 cm³/mol. The van der Waals surface area contributed by atoms with Gasteiger partial charge in [0.05, 0.1) is 0 Å². The number of anilines is 1. The maximum atomic E-state index is 12.6. The van der Waals surface area contributed by atoms with Crippen molar-refractivity contribution in [3.8, 4) is 5.82 Å². The lowest BCUT2D eigenvalue weighted by molar-refractivity contribution is 0.102. The summed E-state index contributed by atoms with van der Waals surface area (Å²) in [6.07, 6.45) is 6.08. The van der Waals surface area contributed by atoms with Crippen LogP contribution in [0.4, 0.5) is 5.69 Å². The van der Waals surface area contributed by atoms with E-state index >= 15 is 0 Å². The lowest BCUT2D eigenvalue weighted by Crippen LogP contribution is -2.17. The summed E-state index contributed by atoms with van der Waals surface area (Å²) < 4.78 is 1.88. The van der Waals surface area contributed by atoms with Gasteiger partial charge in [-0.1, -0.05) is 12.1 Å². The molecule has 0 fully saturated rings. The third kappa shape index (κ3) is 3.53. The predicted octanol–water partition coefficient (Wildman–Crippen LogP) is 3.50. The van der Waals surface area contributed by atoms with E-state index in [9.17, 15) is 4.79 Å². The van der Waals surface area contributed by atoms with Gasteiger partial charge in [0.1, 0.15) is 11.5 Å². The molecule has 0 atom stereocenters. The van der Waals surface area contributed by atoms with E-state index < -0.39 is 0 Å². The van der Waals surface area contributed by atoms with Crippen LogP contribution in [0.5, 0.6) is 0 Å². The summed E-state index contributed by atoms with van der Waals surface area (Å²) in [7, 11) is 2.14. The first kappa shape index (κ1) is 16.5. The van der Waals surface area contributed by atoms with Crippen LogP contribution in [0.25, 0.3) is 5.82 Å². The van der Waals surface area contributed by atoms with Gasteiger partial charge in [-0.2, -0.15) is 0 Å². The highest BCUT2D eigenvalue weighted by atomic mass is 16.1. The van der Waals surface area contributed by atoms with E-state index in [2.05, 4.69) is 34.4 Å². The number of benzene rings is 1. The first-order valence-corrected chi connectivity index (χ1v) is 8.91. The summed E-state index contributed by atoms with van der Waals surface area (Å²) in [4.78, 5) is 19.4. The van der Waals surface area contributed by atoms with E-state index in [1.165, 1.54) is 17.5 Å². The maximum Gasteiger partial charge on any atom is 0.274 e. The number of aryl methyl sites for hydroxylation is 1. The second-order valence-electron chi connectivity index (χ2n) is 6.75. The van der Waals surface area contributed by atoms with Gasteiger partial charge >= 0.3 is 0 Å². The fourth-order valence-corrected chi connectivity index (χ4v) is 3.38. The van der Waals surface area contributed by atoms with E-state index in [4.69, 9.17) is 0 Å². The highest BCUT2D eigenvalue weighted by Crippen LogP contribution is 2.22. The van der Waals surface area contributed by atoms with Crippen LogP contribution in [0.15, 0.2) is 60.9 Å². The van der Waals surface area contributed by atoms with Crippen molar-refractivity contribution in [1.82, 2.24) is 14.5 Å². The van der Waals surface area contributed by atoms with Gasteiger partial charge in [-0.3, -0.25) is 4.79 Å². The van der Waals surface area contributed by atoms with Gasteiger partial charge in [0, 0.05) is 24.6 Å². The minimum Gasteiger partial charge on any atom is -0.321 e. The standard InChI is InChI=1S/C21H22N4O/c1-24-11-5-6-16-9-10-18(14-17(16)15-24)22-21(26)19-7-4-8-20(23-19)25-12-2-3-13-25/h2-4,7-10,12-14H,5-6,11,15H2,1H3,(H,22,26). The smallest absolute Gasteiger partial charge is 0.274 e. The lowest BCUT2D eigenvalue weighted by atomic mass is 10.0. The van der Waals surface area contributed by atoms with Crippen molar-refractivity contribution < 1.29 is 4.79 Å². The summed E-state index contributed by atoms with van der Waals surface area (Å²) in [5.74, 6) is 0.534. The minimum absolute atomic E-state index is 0.194. The summed E-state index contributed by atoms with van der Waals surface area (Å²) >= 11 is 0. The third-order valence-electron chi connectivity index (χ3n) is 4.73. The number of rotatable bonds is 3. The Bertz CT molecular complexity index is 918. The zero-order valence-corrected chi connectivity index (χ0v) is 14.9. The number of carbonyl (C=O) groups excluding carboxylic acids is 1. The molecule has 1 N–H and O–H groups in total.